The molecular weight excluding hydrogens is 432 g/mol. The van der Waals surface area contributed by atoms with Gasteiger partial charge in [0.05, 0.1) is 17.5 Å². The van der Waals surface area contributed by atoms with Gasteiger partial charge in [0.25, 0.3) is 10.0 Å². The third-order valence-electron chi connectivity index (χ3n) is 4.70. The van der Waals surface area contributed by atoms with Crippen LogP contribution in [-0.4, -0.2) is 37.2 Å². The van der Waals surface area contributed by atoms with Crippen LogP contribution in [0.5, 0.6) is 0 Å². The molecule has 8 nitrogen and oxygen atoms in total. The number of carbonyl (C=O) groups excluding carboxylic acids is 2. The Kier molecular flexibility index (Phi) is 6.32. The van der Waals surface area contributed by atoms with Crippen LogP contribution in [0, 0.1) is 6.92 Å². The molecule has 1 heterocycles. The number of para-hydroxylation sites is 1. The molecule has 0 saturated carbocycles. The molecule has 0 aliphatic rings. The van der Waals surface area contributed by atoms with E-state index in [1.807, 2.05) is 6.92 Å². The van der Waals surface area contributed by atoms with Crippen molar-refractivity contribution < 1.29 is 27.5 Å². The van der Waals surface area contributed by atoms with Gasteiger partial charge in [-0.25, -0.2) is 22.0 Å². The predicted molar refractivity (Wildman–Crippen MR) is 120 cm³/mol. The van der Waals surface area contributed by atoms with Gasteiger partial charge in [0.1, 0.15) is 5.60 Å². The summed E-state index contributed by atoms with van der Waals surface area (Å²) in [5.74, 6) is -0.758. The lowest BCUT2D eigenvalue weighted by Gasteiger charge is -2.22. The van der Waals surface area contributed by atoms with Crippen molar-refractivity contribution in [3.63, 3.8) is 0 Å². The molecular formula is C23H26N2O6S. The molecule has 2 aromatic carbocycles. The van der Waals surface area contributed by atoms with Crippen LogP contribution in [0.4, 0.5) is 4.79 Å². The number of nitrogens with one attached hydrogen (secondary N) is 1. The van der Waals surface area contributed by atoms with Crippen molar-refractivity contribution in [3.8, 4) is 0 Å². The van der Waals surface area contributed by atoms with Gasteiger partial charge in [0.2, 0.25) is 0 Å². The molecule has 0 fully saturated rings. The highest BCUT2D eigenvalue weighted by molar-refractivity contribution is 7.90. The van der Waals surface area contributed by atoms with E-state index < -0.39 is 33.7 Å². The van der Waals surface area contributed by atoms with Crippen molar-refractivity contribution in [1.29, 1.82) is 0 Å². The first-order valence-electron chi connectivity index (χ1n) is 9.93. The van der Waals surface area contributed by atoms with Crippen molar-refractivity contribution in [2.75, 3.05) is 7.11 Å². The van der Waals surface area contributed by atoms with E-state index in [4.69, 9.17) is 9.47 Å². The van der Waals surface area contributed by atoms with Gasteiger partial charge < -0.3 is 14.8 Å². The molecule has 0 radical (unpaired) electrons. The molecule has 0 unspecified atom stereocenters. The Balaban J connectivity index is 2.15. The number of benzene rings is 2. The summed E-state index contributed by atoms with van der Waals surface area (Å²) in [6.07, 6.45) is 0.504. The van der Waals surface area contributed by atoms with Crippen LogP contribution in [0.1, 0.15) is 37.9 Å². The van der Waals surface area contributed by atoms with Gasteiger partial charge in [-0.05, 0) is 45.9 Å². The number of esters is 1. The van der Waals surface area contributed by atoms with Crippen LogP contribution < -0.4 is 5.32 Å². The Morgan fingerprint density at radius 3 is 2.25 bits per heavy atom. The van der Waals surface area contributed by atoms with Crippen LogP contribution in [0.25, 0.3) is 10.9 Å². The van der Waals surface area contributed by atoms with E-state index >= 15 is 0 Å². The lowest BCUT2D eigenvalue weighted by molar-refractivity contribution is -0.143. The predicted octanol–water partition coefficient (Wildman–Crippen LogP) is 3.93. The van der Waals surface area contributed by atoms with E-state index in [2.05, 4.69) is 5.32 Å². The third kappa shape index (κ3) is 4.77. The summed E-state index contributed by atoms with van der Waals surface area (Å²) in [6, 6.07) is 11.9. The van der Waals surface area contributed by atoms with E-state index in [9.17, 15) is 18.0 Å². The lowest BCUT2D eigenvalue weighted by Crippen LogP contribution is -2.38. The van der Waals surface area contributed by atoms with Crippen LogP contribution >= 0.6 is 0 Å². The molecule has 9 heteroatoms. The molecule has 3 rings (SSSR count). The molecule has 3 aromatic rings. The summed E-state index contributed by atoms with van der Waals surface area (Å²) >= 11 is 0. The van der Waals surface area contributed by atoms with Crippen molar-refractivity contribution in [3.05, 3.63) is 65.9 Å². The molecule has 0 aliphatic carbocycles. The maximum Gasteiger partial charge on any atom is 0.408 e. The Bertz CT molecular complexity index is 1250. The normalized spacial score (nSPS) is 12.9. The average Bonchev–Trinajstić information content (AvgIpc) is 3.11. The Hall–Kier alpha value is -3.33. The Labute approximate surface area is 187 Å². The van der Waals surface area contributed by atoms with Crippen LogP contribution in [-0.2, 0) is 24.3 Å². The molecule has 0 aliphatic heterocycles. The second-order valence-electron chi connectivity index (χ2n) is 8.32. The maximum absolute atomic E-state index is 13.4. The van der Waals surface area contributed by atoms with E-state index in [1.54, 1.807) is 57.2 Å². The van der Waals surface area contributed by atoms with Crippen molar-refractivity contribution >= 4 is 33.0 Å². The molecule has 32 heavy (non-hydrogen) atoms. The molecule has 0 spiro atoms. The molecule has 0 bridgehead atoms. The van der Waals surface area contributed by atoms with Crippen molar-refractivity contribution in [2.45, 2.75) is 44.2 Å². The van der Waals surface area contributed by atoms with Gasteiger partial charge in [0.15, 0.2) is 6.04 Å². The van der Waals surface area contributed by atoms with Gasteiger partial charge >= 0.3 is 12.1 Å². The summed E-state index contributed by atoms with van der Waals surface area (Å²) in [7, 11) is -2.78. The number of hydrogen-bond donors (Lipinski definition) is 1. The summed E-state index contributed by atoms with van der Waals surface area (Å²) < 4.78 is 38.0. The number of ether oxygens (including phenoxy) is 2. The number of fused-ring (bicyclic) bond motifs is 1. The number of methoxy groups -OCH3 is 1. The highest BCUT2D eigenvalue weighted by atomic mass is 32.2. The standard InChI is InChI=1S/C23H26N2O6S/c1-15-10-12-16(13-11-15)32(28,29)25-14-18(17-8-6-7-9-19(17)25)20(21(26)30-5)24-22(27)31-23(2,3)4/h6-14,20H,1-5H3,(H,24,27)/t20-/m1/s1. The number of amides is 1. The lowest BCUT2D eigenvalue weighted by atomic mass is 10.1. The van der Waals surface area contributed by atoms with Crippen LogP contribution in [0.3, 0.4) is 0 Å². The zero-order chi connectivity index (χ0) is 23.7. The SMILES string of the molecule is COC(=O)[C@H](NC(=O)OC(C)(C)C)c1cn(S(=O)(=O)c2ccc(C)cc2)c2ccccc12. The quantitative estimate of drug-likeness (QED) is 0.581. The van der Waals surface area contributed by atoms with Crippen LogP contribution in [0.2, 0.25) is 0 Å². The number of alkyl carbamates (subject to hydrolysis) is 1. The highest BCUT2D eigenvalue weighted by Gasteiger charge is 2.31. The first-order chi connectivity index (χ1) is 14.9. The zero-order valence-electron chi connectivity index (χ0n) is 18.6. The number of nitrogens with zero attached hydrogens (tertiary/aromatic N) is 1. The second kappa shape index (κ2) is 8.66. The fourth-order valence-corrected chi connectivity index (χ4v) is 4.61. The summed E-state index contributed by atoms with van der Waals surface area (Å²) in [5, 5.41) is 2.98. The first kappa shape index (κ1) is 23.3. The van der Waals surface area contributed by atoms with Gasteiger partial charge in [-0.1, -0.05) is 35.9 Å². The second-order valence-corrected chi connectivity index (χ2v) is 10.1. The van der Waals surface area contributed by atoms with E-state index in [0.717, 1.165) is 9.54 Å². The van der Waals surface area contributed by atoms with Crippen LogP contribution in [0.15, 0.2) is 59.6 Å². The van der Waals surface area contributed by atoms with E-state index in [-0.39, 0.29) is 10.5 Å². The topological polar surface area (TPSA) is 104 Å². The summed E-state index contributed by atoms with van der Waals surface area (Å²) in [6.45, 7) is 6.95. The molecule has 0 saturated heterocycles. The first-order valence-corrected chi connectivity index (χ1v) is 11.4. The number of aromatic nitrogens is 1. The van der Waals surface area contributed by atoms with E-state index in [1.165, 1.54) is 25.4 Å². The average molecular weight is 459 g/mol. The summed E-state index contributed by atoms with van der Waals surface area (Å²) in [4.78, 5) is 25.1. The smallest absolute Gasteiger partial charge is 0.408 e. The molecule has 1 N–H and O–H groups in total. The zero-order valence-corrected chi connectivity index (χ0v) is 19.4. The monoisotopic (exact) mass is 458 g/mol. The minimum atomic E-state index is -3.96. The highest BCUT2D eigenvalue weighted by Crippen LogP contribution is 2.31. The van der Waals surface area contributed by atoms with Gasteiger partial charge in [-0.2, -0.15) is 0 Å². The molecule has 1 aromatic heterocycles. The Morgan fingerprint density at radius 1 is 1.03 bits per heavy atom. The van der Waals surface area contributed by atoms with Crippen molar-refractivity contribution in [1.82, 2.24) is 9.29 Å². The fraction of sp³-hybridized carbons (Fsp3) is 0.304. The number of aryl methyl sites for hydroxylation is 1. The van der Waals surface area contributed by atoms with Crippen molar-refractivity contribution in [2.24, 2.45) is 0 Å². The van der Waals surface area contributed by atoms with Gasteiger partial charge in [0, 0.05) is 17.1 Å². The van der Waals surface area contributed by atoms with Gasteiger partial charge in [-0.3, -0.25) is 0 Å². The minimum Gasteiger partial charge on any atom is -0.467 e. The maximum atomic E-state index is 13.4. The number of hydrogen-bond acceptors (Lipinski definition) is 6. The van der Waals surface area contributed by atoms with Gasteiger partial charge in [-0.15, -0.1) is 0 Å². The Morgan fingerprint density at radius 2 is 1.66 bits per heavy atom. The fourth-order valence-electron chi connectivity index (χ4n) is 3.23. The third-order valence-corrected chi connectivity index (χ3v) is 6.38. The minimum absolute atomic E-state index is 0.102. The molecule has 1 amide bonds. The largest absolute Gasteiger partial charge is 0.467 e. The number of carbonyl (C=O) groups is 2. The van der Waals surface area contributed by atoms with E-state index in [0.29, 0.717) is 10.9 Å². The summed E-state index contributed by atoms with van der Waals surface area (Å²) in [5.41, 5.74) is 0.777. The number of rotatable bonds is 5. The molecule has 170 valence electrons. The molecule has 1 atom stereocenters.